The van der Waals surface area contributed by atoms with Crippen LogP contribution in [0.2, 0.25) is 0 Å². The Kier molecular flexibility index (Phi) is 5.17. The summed E-state index contributed by atoms with van der Waals surface area (Å²) in [5, 5.41) is 9.40. The van der Waals surface area contributed by atoms with Gasteiger partial charge in [0.2, 0.25) is 5.91 Å². The molecule has 1 unspecified atom stereocenters. The molecule has 2 aliphatic rings. The molecule has 4 rings (SSSR count). The maximum absolute atomic E-state index is 12.9. The molecule has 1 atom stereocenters. The van der Waals surface area contributed by atoms with Crippen LogP contribution in [0.25, 0.3) is 0 Å². The predicted molar refractivity (Wildman–Crippen MR) is 105 cm³/mol. The number of carbonyl (C=O) groups is 2. The highest BCUT2D eigenvalue weighted by molar-refractivity contribution is 5.92. The van der Waals surface area contributed by atoms with E-state index in [2.05, 4.69) is 15.0 Å². The Morgan fingerprint density at radius 2 is 2.00 bits per heavy atom. The summed E-state index contributed by atoms with van der Waals surface area (Å²) in [5.41, 5.74) is 1.85. The maximum atomic E-state index is 12.9. The van der Waals surface area contributed by atoms with Gasteiger partial charge in [-0.2, -0.15) is 0 Å². The van der Waals surface area contributed by atoms with Crippen LogP contribution in [0.15, 0.2) is 30.7 Å². The summed E-state index contributed by atoms with van der Waals surface area (Å²) >= 11 is 0. The Labute approximate surface area is 169 Å². The first-order chi connectivity index (χ1) is 13.9. The Bertz CT molecular complexity index is 894. The number of piperidine rings is 2. The Hall–Kier alpha value is -3.03. The van der Waals surface area contributed by atoms with Crippen molar-refractivity contribution in [2.45, 2.75) is 39.2 Å². The minimum absolute atomic E-state index is 0.0392. The number of rotatable bonds is 3. The number of pyridine rings is 1. The number of aromatic hydroxyl groups is 1. The molecule has 0 radical (unpaired) electrons. The molecular weight excluding hydrogens is 370 g/mol. The van der Waals surface area contributed by atoms with Gasteiger partial charge in [0.25, 0.3) is 5.91 Å². The average Bonchev–Trinajstić information content (AvgIpc) is 2.73. The summed E-state index contributed by atoms with van der Waals surface area (Å²) in [6.45, 7) is 4.24. The fraction of sp³-hybridized carbons (Fsp3) is 0.476. The lowest BCUT2D eigenvalue weighted by Gasteiger charge is -2.48. The van der Waals surface area contributed by atoms with E-state index in [0.29, 0.717) is 38.3 Å². The maximum Gasteiger partial charge on any atom is 0.272 e. The normalized spacial score (nSPS) is 22.2. The molecule has 29 heavy (non-hydrogen) atoms. The van der Waals surface area contributed by atoms with Crippen molar-refractivity contribution in [1.82, 2.24) is 24.8 Å². The topological polar surface area (TPSA) is 99.5 Å². The zero-order valence-corrected chi connectivity index (χ0v) is 16.5. The van der Waals surface area contributed by atoms with E-state index < -0.39 is 0 Å². The van der Waals surface area contributed by atoms with Gasteiger partial charge in [0.05, 0.1) is 30.3 Å². The molecule has 8 nitrogen and oxygen atoms in total. The van der Waals surface area contributed by atoms with Crippen LogP contribution < -0.4 is 0 Å². The fourth-order valence-corrected chi connectivity index (χ4v) is 4.33. The van der Waals surface area contributed by atoms with Crippen LogP contribution in [0.1, 0.15) is 47.6 Å². The van der Waals surface area contributed by atoms with Gasteiger partial charge in [0.15, 0.2) is 0 Å². The minimum atomic E-state index is -0.128. The van der Waals surface area contributed by atoms with E-state index in [-0.39, 0.29) is 23.0 Å². The molecule has 0 aliphatic carbocycles. The second kappa shape index (κ2) is 7.77. The molecule has 2 aromatic rings. The minimum Gasteiger partial charge on any atom is -0.506 e. The Morgan fingerprint density at radius 3 is 2.72 bits per heavy atom. The number of carbonyl (C=O) groups excluding carboxylic acids is 2. The van der Waals surface area contributed by atoms with Gasteiger partial charge < -0.3 is 14.9 Å². The number of nitrogens with zero attached hydrogens (tertiary/aromatic N) is 5. The highest BCUT2D eigenvalue weighted by Gasteiger charge is 2.43. The number of aryl methyl sites for hydroxylation is 1. The molecule has 2 aromatic heterocycles. The lowest BCUT2D eigenvalue weighted by Crippen LogP contribution is -2.55. The van der Waals surface area contributed by atoms with Gasteiger partial charge in [-0.15, -0.1) is 0 Å². The van der Waals surface area contributed by atoms with E-state index in [1.165, 1.54) is 12.3 Å². The fourth-order valence-electron chi connectivity index (χ4n) is 4.33. The monoisotopic (exact) mass is 395 g/mol. The van der Waals surface area contributed by atoms with Gasteiger partial charge >= 0.3 is 0 Å². The molecule has 2 fully saturated rings. The number of hydrogen-bond acceptors (Lipinski definition) is 6. The summed E-state index contributed by atoms with van der Waals surface area (Å²) in [7, 11) is 0. The molecule has 152 valence electrons. The number of likely N-dealkylation sites (tertiary alicyclic amines) is 2. The Morgan fingerprint density at radius 1 is 1.14 bits per heavy atom. The number of hydrogen-bond donors (Lipinski definition) is 1. The average molecular weight is 395 g/mol. The third kappa shape index (κ3) is 4.21. The van der Waals surface area contributed by atoms with Crippen molar-refractivity contribution < 1.29 is 14.7 Å². The van der Waals surface area contributed by atoms with Crippen LogP contribution in [-0.2, 0) is 11.3 Å². The van der Waals surface area contributed by atoms with Gasteiger partial charge in [-0.3, -0.25) is 19.6 Å². The van der Waals surface area contributed by atoms with Gasteiger partial charge in [0, 0.05) is 37.7 Å². The number of aromatic nitrogens is 3. The SMILES string of the molecule is Cc1cnc(CN2CC3(CCCN(C(=O)c4ccc(O)cn4)C3)CCC2=O)cn1. The van der Waals surface area contributed by atoms with Crippen molar-refractivity contribution in [2.75, 3.05) is 19.6 Å². The van der Waals surface area contributed by atoms with E-state index in [1.54, 1.807) is 18.5 Å². The first-order valence-electron chi connectivity index (χ1n) is 9.94. The van der Waals surface area contributed by atoms with Crippen LogP contribution >= 0.6 is 0 Å². The molecule has 2 saturated heterocycles. The third-order valence-electron chi connectivity index (χ3n) is 5.85. The molecular formula is C21H25N5O3. The van der Waals surface area contributed by atoms with Crippen LogP contribution in [0.3, 0.4) is 0 Å². The first-order valence-corrected chi connectivity index (χ1v) is 9.94. The van der Waals surface area contributed by atoms with Crippen molar-refractivity contribution in [2.24, 2.45) is 5.41 Å². The predicted octanol–water partition coefficient (Wildman–Crippen LogP) is 1.93. The third-order valence-corrected chi connectivity index (χ3v) is 5.85. The molecule has 1 spiro atoms. The molecule has 1 N–H and O–H groups in total. The van der Waals surface area contributed by atoms with Crippen molar-refractivity contribution in [1.29, 1.82) is 0 Å². The van der Waals surface area contributed by atoms with Crippen molar-refractivity contribution in [3.63, 3.8) is 0 Å². The van der Waals surface area contributed by atoms with E-state index in [9.17, 15) is 14.7 Å². The smallest absolute Gasteiger partial charge is 0.272 e. The van der Waals surface area contributed by atoms with Gasteiger partial charge in [-0.25, -0.2) is 4.98 Å². The second-order valence-electron chi connectivity index (χ2n) is 8.13. The second-order valence-corrected chi connectivity index (χ2v) is 8.13. The molecule has 2 amide bonds. The van der Waals surface area contributed by atoms with Crippen LogP contribution in [-0.4, -0.2) is 61.3 Å². The zero-order chi connectivity index (χ0) is 20.4. The van der Waals surface area contributed by atoms with E-state index >= 15 is 0 Å². The largest absolute Gasteiger partial charge is 0.506 e. The highest BCUT2D eigenvalue weighted by Crippen LogP contribution is 2.39. The molecule has 2 aliphatic heterocycles. The van der Waals surface area contributed by atoms with E-state index in [1.807, 2.05) is 16.7 Å². The zero-order valence-electron chi connectivity index (χ0n) is 16.5. The number of amides is 2. The summed E-state index contributed by atoms with van der Waals surface area (Å²) < 4.78 is 0. The van der Waals surface area contributed by atoms with Gasteiger partial charge in [-0.1, -0.05) is 0 Å². The molecule has 0 aromatic carbocycles. The van der Waals surface area contributed by atoms with Crippen molar-refractivity contribution in [3.8, 4) is 5.75 Å². The quantitative estimate of drug-likeness (QED) is 0.853. The van der Waals surface area contributed by atoms with Gasteiger partial charge in [-0.05, 0) is 38.3 Å². The van der Waals surface area contributed by atoms with Gasteiger partial charge in [0.1, 0.15) is 11.4 Å². The molecule has 0 bridgehead atoms. The van der Waals surface area contributed by atoms with E-state index in [0.717, 1.165) is 30.7 Å². The highest BCUT2D eigenvalue weighted by atomic mass is 16.3. The summed E-state index contributed by atoms with van der Waals surface area (Å²) in [5.74, 6) is 0.0379. The van der Waals surface area contributed by atoms with Crippen LogP contribution in [0, 0.1) is 12.3 Å². The lowest BCUT2D eigenvalue weighted by molar-refractivity contribution is -0.139. The summed E-state index contributed by atoms with van der Waals surface area (Å²) in [4.78, 5) is 41.8. The summed E-state index contributed by atoms with van der Waals surface area (Å²) in [6.07, 6.45) is 7.88. The van der Waals surface area contributed by atoms with E-state index in [4.69, 9.17) is 0 Å². The standard InChI is InChI=1S/C21H25N5O3/c1-15-9-23-16(10-22-15)12-26-14-21(7-5-19(26)28)6-2-8-25(13-21)20(29)18-4-3-17(27)11-24-18/h3-4,9-11,27H,2,5-8,12-14H2,1H3. The van der Waals surface area contributed by atoms with Crippen molar-refractivity contribution in [3.05, 3.63) is 47.8 Å². The summed E-state index contributed by atoms with van der Waals surface area (Å²) in [6, 6.07) is 3.02. The molecule has 0 saturated carbocycles. The first kappa shape index (κ1) is 19.3. The van der Waals surface area contributed by atoms with Crippen LogP contribution in [0.4, 0.5) is 0 Å². The molecule has 4 heterocycles. The molecule has 8 heteroatoms. The Balaban J connectivity index is 1.47. The lowest BCUT2D eigenvalue weighted by atomic mass is 9.73. The van der Waals surface area contributed by atoms with Crippen molar-refractivity contribution >= 4 is 11.8 Å². The van der Waals surface area contributed by atoms with Crippen LogP contribution in [0.5, 0.6) is 5.75 Å².